The molecule has 6 nitrogen and oxygen atoms in total. The van der Waals surface area contributed by atoms with Crippen LogP contribution in [0.15, 0.2) is 24.3 Å². The monoisotopic (exact) mass is 388 g/mol. The van der Waals surface area contributed by atoms with Crippen LogP contribution in [-0.4, -0.2) is 17.5 Å². The topological polar surface area (TPSA) is 138 Å². The van der Waals surface area contributed by atoms with Gasteiger partial charge >= 0.3 is 0 Å². The zero-order valence-corrected chi connectivity index (χ0v) is 17.1. The molecule has 2 amide bonds. The second-order valence-electron chi connectivity index (χ2n) is 8.70. The molecule has 0 aliphatic heterocycles. The Balaban J connectivity index is 0.000000209. The lowest BCUT2D eigenvalue weighted by Gasteiger charge is -2.51. The molecule has 2 saturated carbocycles. The Morgan fingerprint density at radius 2 is 1.21 bits per heavy atom. The van der Waals surface area contributed by atoms with Gasteiger partial charge in [-0.05, 0) is 61.3 Å². The molecule has 0 saturated heterocycles. The van der Waals surface area contributed by atoms with E-state index in [4.69, 9.17) is 22.9 Å². The average Bonchev–Trinajstić information content (AvgIpc) is 2.69. The fraction of sp³-hybridized carbons (Fsp3) is 0.636. The molecule has 0 unspecified atom stereocenters. The van der Waals surface area contributed by atoms with E-state index in [2.05, 4.69) is 6.92 Å². The molecule has 2 fully saturated rings. The van der Waals surface area contributed by atoms with E-state index in [0.717, 1.165) is 0 Å². The van der Waals surface area contributed by atoms with Gasteiger partial charge in [0.2, 0.25) is 11.8 Å². The van der Waals surface area contributed by atoms with Gasteiger partial charge in [-0.2, -0.15) is 0 Å². The van der Waals surface area contributed by atoms with Crippen molar-refractivity contribution < 1.29 is 9.59 Å². The van der Waals surface area contributed by atoms with Gasteiger partial charge in [-0.15, -0.1) is 0 Å². The summed E-state index contributed by atoms with van der Waals surface area (Å²) in [5.74, 6) is -0.485. The second kappa shape index (κ2) is 9.52. The first-order valence-corrected chi connectivity index (χ1v) is 10.4. The van der Waals surface area contributed by atoms with E-state index in [0.29, 0.717) is 17.0 Å². The largest absolute Gasteiger partial charge is 0.366 e. The zero-order chi connectivity index (χ0) is 20.8. The summed E-state index contributed by atoms with van der Waals surface area (Å²) in [4.78, 5) is 21.2. The van der Waals surface area contributed by atoms with E-state index in [-0.39, 0.29) is 5.41 Å². The molecule has 2 aliphatic carbocycles. The van der Waals surface area contributed by atoms with Gasteiger partial charge < -0.3 is 22.9 Å². The molecular formula is C22H36N4O2. The van der Waals surface area contributed by atoms with Gasteiger partial charge in [0, 0.05) is 11.1 Å². The maximum absolute atomic E-state index is 10.6. The zero-order valence-electron chi connectivity index (χ0n) is 17.1. The Morgan fingerprint density at radius 3 is 1.61 bits per heavy atom. The molecule has 6 heteroatoms. The Labute approximate surface area is 168 Å². The number of benzene rings is 1. The molecule has 0 aromatic heterocycles. The predicted molar refractivity (Wildman–Crippen MR) is 112 cm³/mol. The van der Waals surface area contributed by atoms with Crippen molar-refractivity contribution in [3.8, 4) is 0 Å². The lowest BCUT2D eigenvalue weighted by atomic mass is 9.61. The van der Waals surface area contributed by atoms with Crippen molar-refractivity contribution in [1.29, 1.82) is 0 Å². The Hall–Kier alpha value is -1.92. The number of hydrogen-bond donors (Lipinski definition) is 4. The molecule has 0 atom stereocenters. The highest BCUT2D eigenvalue weighted by atomic mass is 16.1. The maximum atomic E-state index is 10.6. The van der Waals surface area contributed by atoms with E-state index >= 15 is 0 Å². The van der Waals surface area contributed by atoms with E-state index in [9.17, 15) is 9.59 Å². The van der Waals surface area contributed by atoms with Crippen LogP contribution < -0.4 is 22.9 Å². The lowest BCUT2D eigenvalue weighted by molar-refractivity contribution is 0.0274. The van der Waals surface area contributed by atoms with Crippen molar-refractivity contribution in [2.75, 3.05) is 0 Å². The smallest absolute Gasteiger partial charge is 0.248 e. The van der Waals surface area contributed by atoms with Crippen LogP contribution >= 0.6 is 0 Å². The van der Waals surface area contributed by atoms with Crippen molar-refractivity contribution in [3.63, 3.8) is 0 Å². The van der Waals surface area contributed by atoms with Gasteiger partial charge in [-0.1, -0.05) is 45.4 Å². The van der Waals surface area contributed by atoms with Crippen molar-refractivity contribution in [2.45, 2.75) is 76.8 Å². The number of primary amides is 2. The molecule has 0 spiro atoms. The summed E-state index contributed by atoms with van der Waals surface area (Å²) >= 11 is 0. The van der Waals surface area contributed by atoms with Gasteiger partial charge in [0.05, 0.1) is 5.66 Å². The highest BCUT2D eigenvalue weighted by Crippen LogP contribution is 2.47. The highest BCUT2D eigenvalue weighted by Gasteiger charge is 2.47. The van der Waals surface area contributed by atoms with Crippen LogP contribution in [0.2, 0.25) is 0 Å². The fourth-order valence-corrected chi connectivity index (χ4v) is 4.64. The first-order valence-electron chi connectivity index (χ1n) is 10.4. The lowest BCUT2D eigenvalue weighted by Crippen LogP contribution is -2.66. The number of carbonyl (C=O) groups excluding carboxylic acids is 2. The molecule has 28 heavy (non-hydrogen) atoms. The van der Waals surface area contributed by atoms with Crippen LogP contribution in [-0.2, 0) is 0 Å². The predicted octanol–water partition coefficient (Wildman–Crippen LogP) is 3.04. The summed E-state index contributed by atoms with van der Waals surface area (Å²) in [6.45, 7) is 2.33. The maximum Gasteiger partial charge on any atom is 0.248 e. The van der Waals surface area contributed by atoms with Crippen LogP contribution in [0.3, 0.4) is 0 Å². The molecule has 2 aliphatic rings. The minimum absolute atomic E-state index is 0.188. The fourth-order valence-electron chi connectivity index (χ4n) is 4.64. The summed E-state index contributed by atoms with van der Waals surface area (Å²) in [6.07, 6.45) is 13.0. The molecular weight excluding hydrogens is 352 g/mol. The van der Waals surface area contributed by atoms with Crippen molar-refractivity contribution >= 4 is 11.8 Å². The summed E-state index contributed by atoms with van der Waals surface area (Å²) in [7, 11) is 0. The SMILES string of the molecule is CC1(C(N)(N)C2CCCCC2)CCCCC1.NC(=O)c1ccc(C(N)=O)cc1. The average molecular weight is 389 g/mol. The third-order valence-corrected chi connectivity index (χ3v) is 6.74. The molecule has 3 rings (SSSR count). The van der Waals surface area contributed by atoms with Crippen molar-refractivity contribution in [3.05, 3.63) is 35.4 Å². The van der Waals surface area contributed by atoms with Gasteiger partial charge in [-0.3, -0.25) is 9.59 Å². The van der Waals surface area contributed by atoms with Crippen molar-refractivity contribution in [2.24, 2.45) is 34.3 Å². The Bertz CT molecular complexity index is 625. The summed E-state index contributed by atoms with van der Waals surface area (Å²) in [6, 6.07) is 5.84. The summed E-state index contributed by atoms with van der Waals surface area (Å²) in [5, 5.41) is 0. The van der Waals surface area contributed by atoms with Crippen molar-refractivity contribution in [1.82, 2.24) is 0 Å². The highest BCUT2D eigenvalue weighted by molar-refractivity contribution is 5.96. The third-order valence-electron chi connectivity index (χ3n) is 6.74. The van der Waals surface area contributed by atoms with E-state index in [1.807, 2.05) is 0 Å². The summed E-state index contributed by atoms with van der Waals surface area (Å²) < 4.78 is 0. The molecule has 1 aromatic carbocycles. The molecule has 8 N–H and O–H groups in total. The molecule has 0 radical (unpaired) electrons. The van der Waals surface area contributed by atoms with Crippen LogP contribution in [0.1, 0.15) is 91.8 Å². The number of amides is 2. The molecule has 1 aromatic rings. The summed E-state index contributed by atoms with van der Waals surface area (Å²) in [5.41, 5.74) is 23.6. The molecule has 0 heterocycles. The van der Waals surface area contributed by atoms with Crippen LogP contribution in [0.4, 0.5) is 0 Å². The van der Waals surface area contributed by atoms with E-state index in [1.165, 1.54) is 88.5 Å². The van der Waals surface area contributed by atoms with Gasteiger partial charge in [0.25, 0.3) is 0 Å². The van der Waals surface area contributed by atoms with Crippen LogP contribution in [0.25, 0.3) is 0 Å². The molecule has 156 valence electrons. The minimum Gasteiger partial charge on any atom is -0.366 e. The van der Waals surface area contributed by atoms with Gasteiger partial charge in [0.1, 0.15) is 0 Å². The Kier molecular flexibility index (Phi) is 7.61. The minimum atomic E-state index is -0.522. The van der Waals surface area contributed by atoms with Crippen LogP contribution in [0.5, 0.6) is 0 Å². The standard InChI is InChI=1S/C14H28N2.C8H8N2O2/c1-13(10-6-3-7-11-13)14(15,16)12-8-4-2-5-9-12;9-7(11)5-1-2-6(4-3-5)8(10)12/h12H,2-11,15-16H2,1H3;1-4H,(H2,9,11)(H2,10,12). The first kappa shape index (κ1) is 22.4. The third kappa shape index (κ3) is 5.32. The number of hydrogen-bond acceptors (Lipinski definition) is 4. The van der Waals surface area contributed by atoms with E-state index in [1.54, 1.807) is 0 Å². The number of nitrogens with two attached hydrogens (primary N) is 4. The number of carbonyl (C=O) groups is 2. The first-order chi connectivity index (χ1) is 13.2. The Morgan fingerprint density at radius 1 is 0.821 bits per heavy atom. The second-order valence-corrected chi connectivity index (χ2v) is 8.70. The number of rotatable bonds is 4. The van der Waals surface area contributed by atoms with Gasteiger partial charge in [-0.25, -0.2) is 0 Å². The quantitative estimate of drug-likeness (QED) is 0.589. The van der Waals surface area contributed by atoms with Crippen LogP contribution in [0, 0.1) is 11.3 Å². The molecule has 0 bridgehead atoms. The normalized spacial score (nSPS) is 20.0. The van der Waals surface area contributed by atoms with Gasteiger partial charge in [0.15, 0.2) is 0 Å². The van der Waals surface area contributed by atoms with E-state index < -0.39 is 17.5 Å².